The maximum atomic E-state index is 13.2. The maximum absolute atomic E-state index is 13.2. The Morgan fingerprint density at radius 2 is 1.78 bits per heavy atom. The van der Waals surface area contributed by atoms with Gasteiger partial charge in [0.05, 0.1) is 36.2 Å². The van der Waals surface area contributed by atoms with Crippen molar-refractivity contribution < 1.29 is 23.8 Å². The van der Waals surface area contributed by atoms with Crippen LogP contribution in [0.2, 0.25) is 0 Å². The fourth-order valence-electron chi connectivity index (χ4n) is 6.52. The lowest BCUT2D eigenvalue weighted by Gasteiger charge is -2.42. The van der Waals surface area contributed by atoms with Gasteiger partial charge in [-0.25, -0.2) is 14.8 Å². The molecule has 51 heavy (non-hydrogen) atoms. The smallest absolute Gasteiger partial charge is 0.410 e. The number of amides is 1. The molecule has 1 saturated heterocycles. The minimum atomic E-state index is -0.645. The molecule has 1 amide bonds. The first-order valence-corrected chi connectivity index (χ1v) is 17.9. The number of esters is 1. The lowest BCUT2D eigenvalue weighted by Crippen LogP contribution is -2.56. The van der Waals surface area contributed by atoms with Crippen LogP contribution in [0.1, 0.15) is 78.1 Å². The normalized spacial score (nSPS) is 17.3. The molecule has 0 bridgehead atoms. The van der Waals surface area contributed by atoms with Crippen molar-refractivity contribution in [3.8, 4) is 11.8 Å². The molecule has 12 nitrogen and oxygen atoms in total. The molecule has 1 fully saturated rings. The van der Waals surface area contributed by atoms with Gasteiger partial charge < -0.3 is 33.8 Å². The number of nitrogens with zero attached hydrogens (tertiary/aromatic N) is 7. The minimum Gasteiger partial charge on any atom is -0.444 e. The molecule has 2 aromatic carbocycles. The number of carbonyl (C=O) groups is 2. The highest BCUT2D eigenvalue weighted by atomic mass is 16.6. The number of ether oxygens (including phenoxy) is 3. The molecule has 274 valence electrons. The number of hydrogen-bond donors (Lipinski definition) is 0. The molecule has 12 heteroatoms. The number of rotatable bonds is 9. The van der Waals surface area contributed by atoms with Crippen LogP contribution in [0.15, 0.2) is 36.4 Å². The van der Waals surface area contributed by atoms with E-state index < -0.39 is 17.1 Å². The van der Waals surface area contributed by atoms with Gasteiger partial charge in [-0.15, -0.1) is 0 Å². The zero-order valence-electron chi connectivity index (χ0n) is 31.7. The largest absolute Gasteiger partial charge is 0.444 e. The van der Waals surface area contributed by atoms with E-state index in [4.69, 9.17) is 24.2 Å². The average molecular weight is 700 g/mol. The van der Waals surface area contributed by atoms with Crippen LogP contribution in [0.3, 0.4) is 0 Å². The first kappa shape index (κ1) is 37.8. The lowest BCUT2D eigenvalue weighted by molar-refractivity contribution is -0.142. The molecule has 2 atom stereocenters. The molecule has 0 saturated carbocycles. The molecule has 5 rings (SSSR count). The van der Waals surface area contributed by atoms with Crippen molar-refractivity contribution in [2.45, 2.75) is 85.6 Å². The van der Waals surface area contributed by atoms with Gasteiger partial charge in [-0.1, -0.05) is 24.3 Å². The number of likely N-dealkylation sites (N-methyl/N-ethyl adjacent to an activating group) is 1. The van der Waals surface area contributed by atoms with Crippen LogP contribution in [0, 0.1) is 16.7 Å². The van der Waals surface area contributed by atoms with E-state index in [9.17, 15) is 14.9 Å². The van der Waals surface area contributed by atoms with Crippen LogP contribution in [-0.2, 0) is 27.2 Å². The van der Waals surface area contributed by atoms with Gasteiger partial charge in [-0.2, -0.15) is 5.26 Å². The number of anilines is 2. The summed E-state index contributed by atoms with van der Waals surface area (Å²) in [6.07, 6.45) is 0.0829. The summed E-state index contributed by atoms with van der Waals surface area (Å²) < 4.78 is 17.8. The Kier molecular flexibility index (Phi) is 11.4. The Hall–Kier alpha value is -4.47. The number of hydrogen-bond acceptors (Lipinski definition) is 11. The molecule has 0 N–H and O–H groups in total. The fourth-order valence-corrected chi connectivity index (χ4v) is 6.52. The third-order valence-corrected chi connectivity index (χ3v) is 8.96. The van der Waals surface area contributed by atoms with Crippen molar-refractivity contribution in [2.24, 2.45) is 5.41 Å². The highest BCUT2D eigenvalue weighted by molar-refractivity contribution is 5.96. The van der Waals surface area contributed by atoms with Crippen LogP contribution in [0.25, 0.3) is 10.8 Å². The zero-order chi connectivity index (χ0) is 37.1. The molecule has 1 aromatic heterocycles. The van der Waals surface area contributed by atoms with Gasteiger partial charge in [0.2, 0.25) is 0 Å². The highest BCUT2D eigenvalue weighted by Crippen LogP contribution is 2.38. The summed E-state index contributed by atoms with van der Waals surface area (Å²) >= 11 is 0. The van der Waals surface area contributed by atoms with Gasteiger partial charge in [0.1, 0.15) is 23.3 Å². The van der Waals surface area contributed by atoms with Gasteiger partial charge in [0.25, 0.3) is 0 Å². The van der Waals surface area contributed by atoms with E-state index >= 15 is 0 Å². The van der Waals surface area contributed by atoms with E-state index in [0.717, 1.165) is 33.5 Å². The highest BCUT2D eigenvalue weighted by Gasteiger charge is 2.36. The van der Waals surface area contributed by atoms with Crippen molar-refractivity contribution in [1.82, 2.24) is 19.8 Å². The molecule has 0 aliphatic carbocycles. The van der Waals surface area contributed by atoms with Crippen molar-refractivity contribution in [1.29, 1.82) is 5.26 Å². The SMILES string of the molecule is CCOC(CN(C)C)c1nc2c(c(N3CCN(C(=O)OC(C)(C)C)[C@@H](CC#N)C3)n1)CCN(c1cc(OC(=O)C(C)(C)C)cc3ccccc13)C2. The number of carbonyl (C=O) groups excluding carboxylic acids is 2. The third kappa shape index (κ3) is 9.07. The first-order valence-electron chi connectivity index (χ1n) is 17.9. The molecule has 2 aliphatic heterocycles. The van der Waals surface area contributed by atoms with Crippen LogP contribution < -0.4 is 14.5 Å². The Balaban J connectivity index is 1.55. The van der Waals surface area contributed by atoms with Crippen LogP contribution in [0.4, 0.5) is 16.3 Å². The van der Waals surface area contributed by atoms with Gasteiger partial charge in [0, 0.05) is 62.0 Å². The number of piperazine rings is 1. The standard InChI is InChI=1S/C39H53N7O5/c1-10-49-33(25-43(8)9)34-41-31-24-44(32-22-28(50-36(47)38(2,3)4)21-26-13-11-12-14-29(26)32)18-16-30(31)35(42-34)45-19-20-46(27(23-45)15-17-40)37(48)51-39(5,6)7/h11-14,21-22,27,33H,10,15-16,18-20,23-25H2,1-9H3/t27-,33?/m0/s1. The van der Waals surface area contributed by atoms with Crippen LogP contribution >= 0.6 is 0 Å². The average Bonchev–Trinajstić information content (AvgIpc) is 3.05. The molecule has 3 aromatic rings. The maximum Gasteiger partial charge on any atom is 0.410 e. The third-order valence-electron chi connectivity index (χ3n) is 8.96. The second kappa shape index (κ2) is 15.4. The lowest BCUT2D eigenvalue weighted by atomic mass is 9.97. The molecule has 3 heterocycles. The van der Waals surface area contributed by atoms with Gasteiger partial charge >= 0.3 is 12.1 Å². The predicted molar refractivity (Wildman–Crippen MR) is 198 cm³/mol. The van der Waals surface area contributed by atoms with Crippen molar-refractivity contribution in [3.05, 3.63) is 53.5 Å². The van der Waals surface area contributed by atoms with Crippen LogP contribution in [0.5, 0.6) is 5.75 Å². The minimum absolute atomic E-state index is 0.176. The van der Waals surface area contributed by atoms with E-state index in [1.165, 1.54) is 0 Å². The monoisotopic (exact) mass is 699 g/mol. The quantitative estimate of drug-likeness (QED) is 0.190. The number of fused-ring (bicyclic) bond motifs is 2. The summed E-state index contributed by atoms with van der Waals surface area (Å²) in [4.78, 5) is 44.7. The van der Waals surface area contributed by atoms with E-state index in [0.29, 0.717) is 63.9 Å². The molecular formula is C39H53N7O5. The summed E-state index contributed by atoms with van der Waals surface area (Å²) in [5, 5.41) is 11.8. The van der Waals surface area contributed by atoms with Crippen molar-refractivity contribution >= 4 is 34.3 Å². The Morgan fingerprint density at radius 1 is 1.04 bits per heavy atom. The van der Waals surface area contributed by atoms with E-state index in [-0.39, 0.29) is 24.5 Å². The Bertz CT molecular complexity index is 1770. The van der Waals surface area contributed by atoms with Gasteiger partial charge in [0.15, 0.2) is 5.82 Å². The molecule has 2 aliphatic rings. The number of aromatic nitrogens is 2. The zero-order valence-corrected chi connectivity index (χ0v) is 31.7. The Morgan fingerprint density at radius 3 is 2.45 bits per heavy atom. The predicted octanol–water partition coefficient (Wildman–Crippen LogP) is 6.12. The van der Waals surface area contributed by atoms with Crippen molar-refractivity contribution in [2.75, 3.05) is 63.2 Å². The van der Waals surface area contributed by atoms with E-state index in [1.54, 1.807) is 4.90 Å². The summed E-state index contributed by atoms with van der Waals surface area (Å²) in [6, 6.07) is 13.9. The summed E-state index contributed by atoms with van der Waals surface area (Å²) in [5.74, 6) is 1.64. The molecule has 0 spiro atoms. The Labute approximate surface area is 302 Å². The fraction of sp³-hybridized carbons (Fsp3) is 0.564. The van der Waals surface area contributed by atoms with E-state index in [1.807, 2.05) is 92.9 Å². The number of nitriles is 1. The topological polar surface area (TPSA) is 124 Å². The van der Waals surface area contributed by atoms with Gasteiger partial charge in [-0.05, 0) is 80.4 Å². The first-order chi connectivity index (χ1) is 24.1. The summed E-state index contributed by atoms with van der Waals surface area (Å²) in [5.41, 5.74) is 1.63. The van der Waals surface area contributed by atoms with Crippen molar-refractivity contribution in [3.63, 3.8) is 0 Å². The molecular weight excluding hydrogens is 646 g/mol. The second-order valence-electron chi connectivity index (χ2n) is 15.6. The second-order valence-corrected chi connectivity index (χ2v) is 15.6. The van der Waals surface area contributed by atoms with Gasteiger partial charge in [-0.3, -0.25) is 4.79 Å². The van der Waals surface area contributed by atoms with E-state index in [2.05, 4.69) is 26.8 Å². The summed E-state index contributed by atoms with van der Waals surface area (Å²) in [7, 11) is 4.00. The number of benzene rings is 2. The molecule has 0 radical (unpaired) electrons. The molecule has 1 unspecified atom stereocenters. The summed E-state index contributed by atoms with van der Waals surface area (Å²) in [6.45, 7) is 16.7. The van der Waals surface area contributed by atoms with Crippen LogP contribution in [-0.4, -0.2) is 96.9 Å².